The van der Waals surface area contributed by atoms with E-state index in [0.29, 0.717) is 11.5 Å². The molecule has 0 saturated carbocycles. The molecule has 1 atom stereocenters. The number of benzene rings is 2. The van der Waals surface area contributed by atoms with Crippen LogP contribution in [0.15, 0.2) is 48.5 Å². The Balaban J connectivity index is 2.17. The SMILES string of the molecule is COC(=O)C(COc1ccccc1OC)c1ccc(C)cc1. The highest BCUT2D eigenvalue weighted by atomic mass is 16.5. The highest BCUT2D eigenvalue weighted by molar-refractivity contribution is 5.78. The van der Waals surface area contributed by atoms with Gasteiger partial charge in [-0.05, 0) is 24.6 Å². The maximum absolute atomic E-state index is 12.0. The van der Waals surface area contributed by atoms with E-state index in [2.05, 4.69) is 0 Å². The van der Waals surface area contributed by atoms with Crippen LogP contribution < -0.4 is 9.47 Å². The number of ether oxygens (including phenoxy) is 3. The summed E-state index contributed by atoms with van der Waals surface area (Å²) in [4.78, 5) is 12.0. The molecule has 0 spiro atoms. The van der Waals surface area contributed by atoms with Crippen LogP contribution in [0, 0.1) is 6.92 Å². The Morgan fingerprint density at radius 1 is 1.00 bits per heavy atom. The summed E-state index contributed by atoms with van der Waals surface area (Å²) in [5.74, 6) is 0.440. The minimum absolute atomic E-state index is 0.191. The normalized spacial score (nSPS) is 11.6. The number of para-hydroxylation sites is 2. The second-order valence-electron chi connectivity index (χ2n) is 4.95. The third kappa shape index (κ3) is 3.79. The van der Waals surface area contributed by atoms with Gasteiger partial charge in [0.1, 0.15) is 12.5 Å². The first kappa shape index (κ1) is 15.9. The molecule has 2 aromatic carbocycles. The van der Waals surface area contributed by atoms with Crippen molar-refractivity contribution in [3.63, 3.8) is 0 Å². The summed E-state index contributed by atoms with van der Waals surface area (Å²) in [7, 11) is 2.96. The van der Waals surface area contributed by atoms with Crippen molar-refractivity contribution in [1.82, 2.24) is 0 Å². The average Bonchev–Trinajstić information content (AvgIpc) is 2.56. The average molecular weight is 300 g/mol. The van der Waals surface area contributed by atoms with E-state index < -0.39 is 5.92 Å². The van der Waals surface area contributed by atoms with Gasteiger partial charge in [-0.25, -0.2) is 0 Å². The maximum Gasteiger partial charge on any atom is 0.316 e. The highest BCUT2D eigenvalue weighted by Gasteiger charge is 2.22. The number of rotatable bonds is 6. The van der Waals surface area contributed by atoms with Crippen molar-refractivity contribution in [3.8, 4) is 11.5 Å². The zero-order valence-corrected chi connectivity index (χ0v) is 13.0. The Kier molecular flexibility index (Phi) is 5.42. The first-order valence-corrected chi connectivity index (χ1v) is 7.06. The Hall–Kier alpha value is -2.49. The van der Waals surface area contributed by atoms with E-state index in [1.54, 1.807) is 7.11 Å². The standard InChI is InChI=1S/C18H20O4/c1-13-8-10-14(11-9-13)15(18(19)21-3)12-22-17-7-5-4-6-16(17)20-2/h4-11,15H,12H2,1-3H3. The lowest BCUT2D eigenvalue weighted by molar-refractivity contribution is -0.143. The fourth-order valence-corrected chi connectivity index (χ4v) is 2.15. The number of aryl methyl sites for hydroxylation is 1. The molecular weight excluding hydrogens is 280 g/mol. The minimum atomic E-state index is -0.476. The van der Waals surface area contributed by atoms with E-state index in [1.165, 1.54) is 7.11 Å². The summed E-state index contributed by atoms with van der Waals surface area (Å²) in [5, 5.41) is 0. The van der Waals surface area contributed by atoms with Gasteiger partial charge in [0.25, 0.3) is 0 Å². The van der Waals surface area contributed by atoms with Crippen LogP contribution in [0.1, 0.15) is 17.0 Å². The third-order valence-electron chi connectivity index (χ3n) is 3.44. The van der Waals surface area contributed by atoms with Crippen molar-refractivity contribution < 1.29 is 19.0 Å². The van der Waals surface area contributed by atoms with E-state index in [4.69, 9.17) is 14.2 Å². The summed E-state index contributed by atoms with van der Waals surface area (Å²) in [6.45, 7) is 2.19. The Bertz CT molecular complexity index is 619. The predicted molar refractivity (Wildman–Crippen MR) is 84.4 cm³/mol. The topological polar surface area (TPSA) is 44.8 Å². The predicted octanol–water partition coefficient (Wildman–Crippen LogP) is 3.34. The number of methoxy groups -OCH3 is 2. The van der Waals surface area contributed by atoms with Gasteiger partial charge in [0.05, 0.1) is 14.2 Å². The fourth-order valence-electron chi connectivity index (χ4n) is 2.15. The van der Waals surface area contributed by atoms with Gasteiger partial charge in [0, 0.05) is 0 Å². The molecule has 0 heterocycles. The number of carbonyl (C=O) groups excluding carboxylic acids is 1. The largest absolute Gasteiger partial charge is 0.493 e. The molecule has 1 unspecified atom stereocenters. The molecule has 0 aliphatic carbocycles. The number of esters is 1. The van der Waals surface area contributed by atoms with Gasteiger partial charge in [-0.15, -0.1) is 0 Å². The van der Waals surface area contributed by atoms with Gasteiger partial charge in [0.2, 0.25) is 0 Å². The minimum Gasteiger partial charge on any atom is -0.493 e. The molecule has 2 rings (SSSR count). The van der Waals surface area contributed by atoms with Crippen LogP contribution in [-0.4, -0.2) is 26.8 Å². The van der Waals surface area contributed by atoms with Crippen LogP contribution in [0.25, 0.3) is 0 Å². The molecule has 0 aliphatic rings. The molecule has 0 N–H and O–H groups in total. The van der Waals surface area contributed by atoms with Gasteiger partial charge in [0.15, 0.2) is 11.5 Å². The second kappa shape index (κ2) is 7.50. The molecule has 22 heavy (non-hydrogen) atoms. The lowest BCUT2D eigenvalue weighted by atomic mass is 9.99. The first-order valence-electron chi connectivity index (χ1n) is 7.06. The van der Waals surface area contributed by atoms with Crippen molar-refractivity contribution in [2.24, 2.45) is 0 Å². The van der Waals surface area contributed by atoms with E-state index in [9.17, 15) is 4.79 Å². The molecule has 0 saturated heterocycles. The zero-order valence-electron chi connectivity index (χ0n) is 13.0. The maximum atomic E-state index is 12.0. The molecule has 0 aliphatic heterocycles. The Morgan fingerprint density at radius 3 is 2.23 bits per heavy atom. The van der Waals surface area contributed by atoms with E-state index in [-0.39, 0.29) is 12.6 Å². The molecule has 0 radical (unpaired) electrons. The van der Waals surface area contributed by atoms with Crippen molar-refractivity contribution >= 4 is 5.97 Å². The number of carbonyl (C=O) groups is 1. The van der Waals surface area contributed by atoms with Gasteiger partial charge in [-0.2, -0.15) is 0 Å². The van der Waals surface area contributed by atoms with Crippen molar-refractivity contribution in [1.29, 1.82) is 0 Å². The van der Waals surface area contributed by atoms with Crippen LogP contribution in [0.3, 0.4) is 0 Å². The first-order chi connectivity index (χ1) is 10.7. The van der Waals surface area contributed by atoms with Gasteiger partial charge >= 0.3 is 5.97 Å². The van der Waals surface area contributed by atoms with Crippen LogP contribution >= 0.6 is 0 Å². The summed E-state index contributed by atoms with van der Waals surface area (Å²) >= 11 is 0. The zero-order chi connectivity index (χ0) is 15.9. The second-order valence-corrected chi connectivity index (χ2v) is 4.95. The van der Waals surface area contributed by atoms with Gasteiger partial charge in [-0.3, -0.25) is 4.79 Å². The van der Waals surface area contributed by atoms with Crippen LogP contribution in [0.5, 0.6) is 11.5 Å². The summed E-state index contributed by atoms with van der Waals surface area (Å²) < 4.78 is 15.9. The van der Waals surface area contributed by atoms with E-state index in [0.717, 1.165) is 11.1 Å². The Morgan fingerprint density at radius 2 is 1.64 bits per heavy atom. The molecule has 2 aromatic rings. The monoisotopic (exact) mass is 300 g/mol. The molecule has 4 nitrogen and oxygen atoms in total. The lowest BCUT2D eigenvalue weighted by Crippen LogP contribution is -2.21. The van der Waals surface area contributed by atoms with Crippen LogP contribution in [0.4, 0.5) is 0 Å². The molecular formula is C18H20O4. The molecule has 0 fully saturated rings. The molecule has 0 bridgehead atoms. The smallest absolute Gasteiger partial charge is 0.316 e. The fraction of sp³-hybridized carbons (Fsp3) is 0.278. The highest BCUT2D eigenvalue weighted by Crippen LogP contribution is 2.28. The lowest BCUT2D eigenvalue weighted by Gasteiger charge is -2.17. The quantitative estimate of drug-likeness (QED) is 0.768. The van der Waals surface area contributed by atoms with E-state index >= 15 is 0 Å². The van der Waals surface area contributed by atoms with Gasteiger partial charge < -0.3 is 14.2 Å². The molecule has 0 amide bonds. The molecule has 0 aromatic heterocycles. The third-order valence-corrected chi connectivity index (χ3v) is 3.44. The Labute approximate surface area is 130 Å². The van der Waals surface area contributed by atoms with Crippen LogP contribution in [0.2, 0.25) is 0 Å². The number of hydrogen-bond acceptors (Lipinski definition) is 4. The summed E-state index contributed by atoms with van der Waals surface area (Å²) in [6.07, 6.45) is 0. The summed E-state index contributed by atoms with van der Waals surface area (Å²) in [6, 6.07) is 15.1. The van der Waals surface area contributed by atoms with E-state index in [1.807, 2.05) is 55.5 Å². The molecule has 116 valence electrons. The molecule has 4 heteroatoms. The van der Waals surface area contributed by atoms with Gasteiger partial charge in [-0.1, -0.05) is 42.0 Å². The van der Waals surface area contributed by atoms with Crippen molar-refractivity contribution in [3.05, 3.63) is 59.7 Å². The number of hydrogen-bond donors (Lipinski definition) is 0. The van der Waals surface area contributed by atoms with Crippen LogP contribution in [-0.2, 0) is 9.53 Å². The summed E-state index contributed by atoms with van der Waals surface area (Å²) in [5.41, 5.74) is 2.00. The van der Waals surface area contributed by atoms with Crippen molar-refractivity contribution in [2.75, 3.05) is 20.8 Å². The van der Waals surface area contributed by atoms with Crippen molar-refractivity contribution in [2.45, 2.75) is 12.8 Å².